The van der Waals surface area contributed by atoms with Crippen LogP contribution in [0.1, 0.15) is 43.0 Å². The minimum absolute atomic E-state index is 0.202. The van der Waals surface area contributed by atoms with Crippen molar-refractivity contribution in [1.82, 2.24) is 5.43 Å². The van der Waals surface area contributed by atoms with E-state index in [9.17, 15) is 4.79 Å². The lowest BCUT2D eigenvalue weighted by Crippen LogP contribution is -2.29. The zero-order chi connectivity index (χ0) is 12.7. The molecule has 0 saturated carbocycles. The molecule has 0 aliphatic carbocycles. The Bertz CT molecular complexity index is 349. The molecular formula is C12H20N2O3. The van der Waals surface area contributed by atoms with Crippen molar-refractivity contribution in [1.29, 1.82) is 0 Å². The van der Waals surface area contributed by atoms with Gasteiger partial charge in [-0.3, -0.25) is 10.2 Å². The van der Waals surface area contributed by atoms with Gasteiger partial charge in [0.15, 0.2) is 5.76 Å². The largest absolute Gasteiger partial charge is 0.453 e. The molecule has 1 aromatic rings. The average Bonchev–Trinajstić information content (AvgIpc) is 2.77. The second-order valence-electron chi connectivity index (χ2n) is 4.15. The maximum atomic E-state index is 11.1. The van der Waals surface area contributed by atoms with Crippen LogP contribution in [-0.4, -0.2) is 12.5 Å². The first-order chi connectivity index (χ1) is 8.17. The molecule has 0 spiro atoms. The predicted molar refractivity (Wildman–Crippen MR) is 64.1 cm³/mol. The highest BCUT2D eigenvalue weighted by atomic mass is 16.5. The van der Waals surface area contributed by atoms with Crippen LogP contribution >= 0.6 is 0 Å². The second-order valence-corrected chi connectivity index (χ2v) is 4.15. The summed E-state index contributed by atoms with van der Waals surface area (Å²) in [5.41, 5.74) is 2.01. The molecule has 1 rings (SSSR count). The fraction of sp³-hybridized carbons (Fsp3) is 0.583. The van der Waals surface area contributed by atoms with Crippen LogP contribution in [0.15, 0.2) is 16.5 Å². The summed E-state index contributed by atoms with van der Waals surface area (Å²) in [6.07, 6.45) is 2.31. The molecule has 0 saturated heterocycles. The summed E-state index contributed by atoms with van der Waals surface area (Å²) in [5.74, 6) is 5.94. The third kappa shape index (κ3) is 4.58. The van der Waals surface area contributed by atoms with E-state index < -0.39 is 5.91 Å². The third-order valence-electron chi connectivity index (χ3n) is 2.44. The Kier molecular flexibility index (Phi) is 5.72. The van der Waals surface area contributed by atoms with Crippen LogP contribution in [0.25, 0.3) is 0 Å². The van der Waals surface area contributed by atoms with Gasteiger partial charge >= 0.3 is 5.91 Å². The van der Waals surface area contributed by atoms with Crippen LogP contribution in [0, 0.1) is 5.92 Å². The Morgan fingerprint density at radius 3 is 3.00 bits per heavy atom. The van der Waals surface area contributed by atoms with Gasteiger partial charge in [0.25, 0.3) is 0 Å². The van der Waals surface area contributed by atoms with Gasteiger partial charge < -0.3 is 9.15 Å². The lowest BCUT2D eigenvalue weighted by Gasteiger charge is -2.09. The van der Waals surface area contributed by atoms with Crippen molar-refractivity contribution in [3.05, 3.63) is 23.7 Å². The van der Waals surface area contributed by atoms with E-state index in [4.69, 9.17) is 15.0 Å². The van der Waals surface area contributed by atoms with Crippen molar-refractivity contribution in [3.8, 4) is 0 Å². The van der Waals surface area contributed by atoms with Crippen molar-refractivity contribution in [2.45, 2.75) is 33.3 Å². The molecule has 0 radical (unpaired) electrons. The fourth-order valence-electron chi connectivity index (χ4n) is 1.59. The quantitative estimate of drug-likeness (QED) is 0.433. The number of carbonyl (C=O) groups is 1. The number of rotatable bonds is 7. The summed E-state index contributed by atoms with van der Waals surface area (Å²) in [4.78, 5) is 11.1. The number of furan rings is 1. The second kappa shape index (κ2) is 7.09. The SMILES string of the molecule is CCCC(C)COCc1ccc(C(=O)NN)o1. The normalized spacial score (nSPS) is 12.4. The molecule has 1 aromatic heterocycles. The summed E-state index contributed by atoms with van der Waals surface area (Å²) in [7, 11) is 0. The van der Waals surface area contributed by atoms with Gasteiger partial charge in [0, 0.05) is 6.61 Å². The molecule has 0 bridgehead atoms. The van der Waals surface area contributed by atoms with Crippen molar-refractivity contribution < 1.29 is 13.9 Å². The molecule has 0 aromatic carbocycles. The van der Waals surface area contributed by atoms with Gasteiger partial charge in [-0.25, -0.2) is 5.84 Å². The molecule has 5 nitrogen and oxygen atoms in total. The van der Waals surface area contributed by atoms with E-state index in [0.29, 0.717) is 24.9 Å². The highest BCUT2D eigenvalue weighted by Gasteiger charge is 2.09. The molecule has 17 heavy (non-hydrogen) atoms. The van der Waals surface area contributed by atoms with Gasteiger partial charge in [-0.1, -0.05) is 20.3 Å². The first-order valence-corrected chi connectivity index (χ1v) is 5.84. The van der Waals surface area contributed by atoms with Gasteiger partial charge in [-0.15, -0.1) is 0 Å². The number of nitrogen functional groups attached to an aromatic ring is 1. The van der Waals surface area contributed by atoms with Crippen LogP contribution in [0.3, 0.4) is 0 Å². The van der Waals surface area contributed by atoms with Crippen molar-refractivity contribution in [2.75, 3.05) is 6.61 Å². The van der Waals surface area contributed by atoms with E-state index in [2.05, 4.69) is 13.8 Å². The van der Waals surface area contributed by atoms with E-state index in [-0.39, 0.29) is 5.76 Å². The monoisotopic (exact) mass is 240 g/mol. The molecule has 1 unspecified atom stereocenters. The number of carbonyl (C=O) groups excluding carboxylic acids is 1. The van der Waals surface area contributed by atoms with Gasteiger partial charge in [0.1, 0.15) is 12.4 Å². The summed E-state index contributed by atoms with van der Waals surface area (Å²) < 4.78 is 10.8. The molecule has 1 atom stereocenters. The highest BCUT2D eigenvalue weighted by molar-refractivity contribution is 5.90. The summed E-state index contributed by atoms with van der Waals surface area (Å²) in [5, 5.41) is 0. The number of ether oxygens (including phenoxy) is 1. The number of nitrogens with two attached hydrogens (primary N) is 1. The van der Waals surface area contributed by atoms with E-state index in [1.165, 1.54) is 0 Å². The minimum atomic E-state index is -0.435. The van der Waals surface area contributed by atoms with Crippen molar-refractivity contribution in [3.63, 3.8) is 0 Å². The zero-order valence-corrected chi connectivity index (χ0v) is 10.4. The molecular weight excluding hydrogens is 220 g/mol. The fourth-order valence-corrected chi connectivity index (χ4v) is 1.59. The maximum Gasteiger partial charge on any atom is 0.300 e. The first kappa shape index (κ1) is 13.7. The standard InChI is InChI=1S/C12H20N2O3/c1-3-4-9(2)7-16-8-10-5-6-11(17-10)12(15)14-13/h5-6,9H,3-4,7-8,13H2,1-2H3,(H,14,15). The van der Waals surface area contributed by atoms with Crippen LogP contribution < -0.4 is 11.3 Å². The van der Waals surface area contributed by atoms with Gasteiger partial charge in [0.05, 0.1) is 0 Å². The van der Waals surface area contributed by atoms with Crippen LogP contribution in [-0.2, 0) is 11.3 Å². The number of hydrogen-bond donors (Lipinski definition) is 2. The van der Waals surface area contributed by atoms with E-state index in [1.54, 1.807) is 12.1 Å². The van der Waals surface area contributed by atoms with Crippen LogP contribution in [0.4, 0.5) is 0 Å². The molecule has 3 N–H and O–H groups in total. The van der Waals surface area contributed by atoms with E-state index in [1.807, 2.05) is 5.43 Å². The predicted octanol–water partition coefficient (Wildman–Crippen LogP) is 1.84. The summed E-state index contributed by atoms with van der Waals surface area (Å²) in [6.45, 7) is 5.39. The Hall–Kier alpha value is -1.33. The van der Waals surface area contributed by atoms with Crippen molar-refractivity contribution >= 4 is 5.91 Å². The molecule has 0 aliphatic heterocycles. The van der Waals surface area contributed by atoms with Gasteiger partial charge in [-0.2, -0.15) is 0 Å². The number of hydrazine groups is 1. The number of hydrogen-bond acceptors (Lipinski definition) is 4. The van der Waals surface area contributed by atoms with E-state index in [0.717, 1.165) is 12.8 Å². The van der Waals surface area contributed by atoms with Crippen LogP contribution in [0.5, 0.6) is 0 Å². The Balaban J connectivity index is 2.32. The molecule has 96 valence electrons. The Morgan fingerprint density at radius 1 is 1.59 bits per heavy atom. The topological polar surface area (TPSA) is 77.5 Å². The maximum absolute atomic E-state index is 11.1. The third-order valence-corrected chi connectivity index (χ3v) is 2.44. The molecule has 0 fully saturated rings. The van der Waals surface area contributed by atoms with Crippen LogP contribution in [0.2, 0.25) is 0 Å². The molecule has 1 heterocycles. The van der Waals surface area contributed by atoms with Gasteiger partial charge in [0.2, 0.25) is 0 Å². The average molecular weight is 240 g/mol. The lowest BCUT2D eigenvalue weighted by atomic mass is 10.1. The number of amides is 1. The first-order valence-electron chi connectivity index (χ1n) is 5.84. The smallest absolute Gasteiger partial charge is 0.300 e. The molecule has 0 aliphatic rings. The van der Waals surface area contributed by atoms with E-state index >= 15 is 0 Å². The lowest BCUT2D eigenvalue weighted by molar-refractivity contribution is 0.0751. The molecule has 5 heteroatoms. The molecule has 1 amide bonds. The Labute approximate surface area is 101 Å². The number of nitrogens with one attached hydrogen (secondary N) is 1. The summed E-state index contributed by atoms with van der Waals surface area (Å²) >= 11 is 0. The Morgan fingerprint density at radius 2 is 2.35 bits per heavy atom. The highest BCUT2D eigenvalue weighted by Crippen LogP contribution is 2.11. The van der Waals surface area contributed by atoms with Gasteiger partial charge in [-0.05, 0) is 24.5 Å². The summed E-state index contributed by atoms with van der Waals surface area (Å²) in [6, 6.07) is 3.30. The van der Waals surface area contributed by atoms with Crippen molar-refractivity contribution in [2.24, 2.45) is 11.8 Å². The zero-order valence-electron chi connectivity index (χ0n) is 10.4. The minimum Gasteiger partial charge on any atom is -0.453 e.